The lowest BCUT2D eigenvalue weighted by Gasteiger charge is -2.30. The quantitative estimate of drug-likeness (QED) is 0.0760. The maximum Gasteiger partial charge on any atom is 1.00 e. The second-order valence-corrected chi connectivity index (χ2v) is 14.0. The van der Waals surface area contributed by atoms with Crippen molar-refractivity contribution >= 4 is 20.2 Å². The lowest BCUT2D eigenvalue weighted by Crippen LogP contribution is -2.41. The largest absolute Gasteiger partial charge is 1.00 e. The average molecular weight is 574 g/mol. The van der Waals surface area contributed by atoms with Crippen molar-refractivity contribution in [3.05, 3.63) is 0 Å². The number of hydrogen-bond donors (Lipinski definition) is 0. The van der Waals surface area contributed by atoms with Crippen LogP contribution in [0.15, 0.2) is 0 Å². The first-order chi connectivity index (χ1) is 17.1. The molecule has 0 aromatic carbocycles. The minimum Gasteiger partial charge on any atom is -0.748 e. The Kier molecular flexibility index (Phi) is 30.5. The fraction of sp³-hybridized carbons (Fsp3) is 1.00. The highest BCUT2D eigenvalue weighted by molar-refractivity contribution is 7.85. The Bertz CT molecular complexity index is 599. The molecule has 0 spiro atoms. The van der Waals surface area contributed by atoms with Crippen LogP contribution < -0.4 is 0 Å². The van der Waals surface area contributed by atoms with E-state index in [9.17, 15) is 0 Å². The van der Waals surface area contributed by atoms with Crippen LogP contribution in [0.5, 0.6) is 0 Å². The zero-order chi connectivity index (χ0) is 29.1. The molecule has 0 N–H and O–H groups in total. The molecule has 7 nitrogen and oxygen atoms in total. The van der Waals surface area contributed by atoms with Gasteiger partial charge in [-0.3, -0.25) is 0 Å². The van der Waals surface area contributed by atoms with Gasteiger partial charge < -0.3 is 13.6 Å². The Balaban J connectivity index is -0.000000443. The first kappa shape index (κ1) is 41.3. The number of hydrogen-bond acceptors (Lipinski definition) is 6. The molecular weight excluding hydrogens is 510 g/mol. The first-order valence-electron chi connectivity index (χ1n) is 14.8. The van der Waals surface area contributed by atoms with Gasteiger partial charge in [-0.25, -0.2) is 16.8 Å². The Labute approximate surface area is 233 Å². The van der Waals surface area contributed by atoms with Crippen LogP contribution in [0.4, 0.5) is 0 Å². The van der Waals surface area contributed by atoms with Gasteiger partial charge in [0.15, 0.2) is 0 Å². The lowest BCUT2D eigenvalue weighted by atomic mass is 10.1. The van der Waals surface area contributed by atoms with Gasteiger partial charge in [-0.15, -0.1) is 0 Å². The van der Waals surface area contributed by atoms with E-state index >= 15 is 0 Å². The topological polar surface area (TPSA) is 114 Å². The fourth-order valence-electron chi connectivity index (χ4n) is 4.17. The summed E-state index contributed by atoms with van der Waals surface area (Å²) in [6, 6.07) is 0. The van der Waals surface area contributed by atoms with E-state index in [1.54, 1.807) is 0 Å². The van der Waals surface area contributed by atoms with Crippen LogP contribution in [0.3, 0.4) is 0 Å². The molecule has 0 radical (unpaired) electrons. The van der Waals surface area contributed by atoms with Gasteiger partial charge in [0.25, 0.3) is 0 Å². The predicted molar refractivity (Wildman–Crippen MR) is 158 cm³/mol. The molecular formula is C28H63NO6S2. The van der Waals surface area contributed by atoms with Crippen molar-refractivity contribution in [3.8, 4) is 0 Å². The standard InChI is InChI=1S/C26H56N.2CH4O3S/c1-5-7-9-11-13-15-17-19-21-23-25-27(3,4)26-24-22-20-18-16-14-12-10-8-6-2;2*1-5(2,3)4/h5-26H2,1-4H3;2*1H3,(H,2,3,4)/q+1;;/p-1. The van der Waals surface area contributed by atoms with E-state index in [-0.39, 0.29) is 1.43 Å². The molecule has 0 bridgehead atoms. The van der Waals surface area contributed by atoms with Gasteiger partial charge in [0.1, 0.15) is 0 Å². The number of quaternary nitrogens is 1. The molecule has 0 aliphatic rings. The molecule has 0 unspecified atom stereocenters. The summed E-state index contributed by atoms with van der Waals surface area (Å²) in [5, 5.41) is 0. The number of unbranched alkanes of at least 4 members (excludes halogenated alkanes) is 18. The van der Waals surface area contributed by atoms with Crippen molar-refractivity contribution < 1.29 is 31.9 Å². The highest BCUT2D eigenvalue weighted by atomic mass is 32.2. The number of nitrogens with zero attached hydrogens (tertiary/aromatic N) is 1. The molecule has 0 saturated heterocycles. The Morgan fingerprint density at radius 2 is 0.622 bits per heavy atom. The second kappa shape index (κ2) is 27.4. The zero-order valence-corrected chi connectivity index (χ0v) is 26.9. The fourth-order valence-corrected chi connectivity index (χ4v) is 4.17. The van der Waals surface area contributed by atoms with E-state index in [0.717, 1.165) is 0 Å². The SMILES string of the molecule is CCCCCCCCCCCC[N+](C)(C)CCCCCCCCCCCC.CS(=O)(=O)[O-].CS(=O)(=O)[O-].[H+]. The normalized spacial score (nSPS) is 11.9. The van der Waals surface area contributed by atoms with Crippen molar-refractivity contribution in [2.24, 2.45) is 0 Å². The summed E-state index contributed by atoms with van der Waals surface area (Å²) in [7, 11) is -2.94. The van der Waals surface area contributed by atoms with Gasteiger partial charge in [-0.05, 0) is 25.7 Å². The Hall–Kier alpha value is -0.220. The highest BCUT2D eigenvalue weighted by Gasteiger charge is 2.13. The van der Waals surface area contributed by atoms with Crippen molar-refractivity contribution in [1.29, 1.82) is 0 Å². The van der Waals surface area contributed by atoms with E-state index < -0.39 is 20.2 Å². The van der Waals surface area contributed by atoms with E-state index in [2.05, 4.69) is 27.9 Å². The van der Waals surface area contributed by atoms with Gasteiger partial charge in [-0.1, -0.05) is 117 Å². The van der Waals surface area contributed by atoms with Gasteiger partial charge in [-0.2, -0.15) is 0 Å². The summed E-state index contributed by atoms with van der Waals surface area (Å²) in [6.07, 6.45) is 30.2. The molecule has 228 valence electrons. The van der Waals surface area contributed by atoms with Crippen LogP contribution in [0.25, 0.3) is 0 Å². The first-order valence-corrected chi connectivity index (χ1v) is 18.4. The number of rotatable bonds is 22. The van der Waals surface area contributed by atoms with Crippen LogP contribution >= 0.6 is 0 Å². The van der Waals surface area contributed by atoms with E-state index in [4.69, 9.17) is 25.9 Å². The van der Waals surface area contributed by atoms with Crippen molar-refractivity contribution in [2.45, 2.75) is 142 Å². The summed E-state index contributed by atoms with van der Waals surface area (Å²) in [6.45, 7) is 7.37. The second-order valence-electron chi connectivity index (χ2n) is 11.2. The van der Waals surface area contributed by atoms with E-state index in [0.29, 0.717) is 12.5 Å². The van der Waals surface area contributed by atoms with Crippen LogP contribution in [0.2, 0.25) is 0 Å². The molecule has 0 aromatic heterocycles. The van der Waals surface area contributed by atoms with Crippen LogP contribution in [0.1, 0.15) is 144 Å². The van der Waals surface area contributed by atoms with Crippen LogP contribution in [-0.2, 0) is 20.2 Å². The molecule has 0 fully saturated rings. The third-order valence-electron chi connectivity index (χ3n) is 6.23. The van der Waals surface area contributed by atoms with Gasteiger partial charge in [0.2, 0.25) is 0 Å². The molecule has 0 aromatic rings. The van der Waals surface area contributed by atoms with E-state index in [1.165, 1.54) is 146 Å². The van der Waals surface area contributed by atoms with Crippen molar-refractivity contribution in [3.63, 3.8) is 0 Å². The maximum absolute atomic E-state index is 9.08. The van der Waals surface area contributed by atoms with Crippen LogP contribution in [0, 0.1) is 0 Å². The molecule has 0 amide bonds. The van der Waals surface area contributed by atoms with Crippen LogP contribution in [-0.4, -0.2) is 70.1 Å². The minimum atomic E-state index is -3.92. The predicted octanol–water partition coefficient (Wildman–Crippen LogP) is 7.34. The van der Waals surface area contributed by atoms with Crippen molar-refractivity contribution in [1.82, 2.24) is 0 Å². The summed E-state index contributed by atoms with van der Waals surface area (Å²) < 4.78 is 55.7. The molecule has 0 heterocycles. The van der Waals surface area contributed by atoms with Gasteiger partial charge in [0, 0.05) is 12.5 Å². The van der Waals surface area contributed by atoms with E-state index in [1.807, 2.05) is 0 Å². The minimum absolute atomic E-state index is 0. The molecule has 0 aliphatic heterocycles. The Morgan fingerprint density at radius 3 is 0.811 bits per heavy atom. The monoisotopic (exact) mass is 573 g/mol. The maximum atomic E-state index is 9.08. The molecule has 0 atom stereocenters. The third-order valence-corrected chi connectivity index (χ3v) is 6.23. The lowest BCUT2D eigenvalue weighted by molar-refractivity contribution is -0.890. The summed E-state index contributed by atoms with van der Waals surface area (Å²) in [5.74, 6) is 0. The smallest absolute Gasteiger partial charge is 0.748 e. The highest BCUT2D eigenvalue weighted by Crippen LogP contribution is 2.14. The third kappa shape index (κ3) is 61.4. The summed E-state index contributed by atoms with van der Waals surface area (Å²) in [4.78, 5) is 0. The summed E-state index contributed by atoms with van der Waals surface area (Å²) >= 11 is 0. The molecule has 0 saturated carbocycles. The Morgan fingerprint density at radius 1 is 0.459 bits per heavy atom. The molecule has 9 heteroatoms. The zero-order valence-electron chi connectivity index (χ0n) is 26.3. The molecule has 37 heavy (non-hydrogen) atoms. The van der Waals surface area contributed by atoms with Gasteiger partial charge >= 0.3 is 1.43 Å². The average Bonchev–Trinajstić information content (AvgIpc) is 2.74. The summed E-state index contributed by atoms with van der Waals surface area (Å²) in [5.41, 5.74) is 0. The van der Waals surface area contributed by atoms with Gasteiger partial charge in [0.05, 0.1) is 47.4 Å². The molecule has 0 rings (SSSR count). The molecule has 0 aliphatic carbocycles. The van der Waals surface area contributed by atoms with Crippen molar-refractivity contribution in [2.75, 3.05) is 39.7 Å².